The normalized spacial score (nSPS) is 21.5. The van der Waals surface area contributed by atoms with Crippen LogP contribution >= 0.6 is 0 Å². The van der Waals surface area contributed by atoms with Crippen LogP contribution < -0.4 is 15.0 Å². The van der Waals surface area contributed by atoms with Crippen LogP contribution in [0.1, 0.15) is 12.8 Å². The topological polar surface area (TPSA) is 40.6 Å². The van der Waals surface area contributed by atoms with Crippen molar-refractivity contribution in [3.63, 3.8) is 0 Å². The van der Waals surface area contributed by atoms with E-state index in [1.807, 2.05) is 18.3 Å². The smallest absolute Gasteiger partial charge is 0.132 e. The number of hydrogen-bond donors (Lipinski definition) is 1. The Balaban J connectivity index is 1.50. The van der Waals surface area contributed by atoms with Crippen molar-refractivity contribution in [2.75, 3.05) is 57.8 Å². The maximum atomic E-state index is 5.28. The first kappa shape index (κ1) is 14.6. The van der Waals surface area contributed by atoms with Gasteiger partial charge in [0.05, 0.1) is 7.11 Å². The summed E-state index contributed by atoms with van der Waals surface area (Å²) in [6, 6.07) is 3.93. The molecule has 0 atom stereocenters. The van der Waals surface area contributed by atoms with Gasteiger partial charge >= 0.3 is 0 Å². The Kier molecular flexibility index (Phi) is 4.93. The second-order valence-corrected chi connectivity index (χ2v) is 6.03. The third-order valence-corrected chi connectivity index (χ3v) is 4.62. The summed E-state index contributed by atoms with van der Waals surface area (Å²) in [6.07, 6.45) is 4.49. The zero-order valence-corrected chi connectivity index (χ0v) is 12.9. The lowest BCUT2D eigenvalue weighted by atomic mass is 9.97. The highest BCUT2D eigenvalue weighted by Gasteiger charge is 2.22. The summed E-state index contributed by atoms with van der Waals surface area (Å²) >= 11 is 0. The standard InChI is InChI=1S/C16H26N4O/c1-21-15-4-7-18-16(12-15)20-10-8-19(9-11-20)13-14-2-5-17-6-3-14/h4,7,12,14,17H,2-3,5-6,8-11,13H2,1H3. The fourth-order valence-electron chi connectivity index (χ4n) is 3.29. The SMILES string of the molecule is COc1ccnc(N2CCN(CC3CCNCC3)CC2)c1. The summed E-state index contributed by atoms with van der Waals surface area (Å²) < 4.78 is 5.28. The number of anilines is 1. The third kappa shape index (κ3) is 3.86. The maximum absolute atomic E-state index is 5.28. The molecule has 0 radical (unpaired) electrons. The number of ether oxygens (including phenoxy) is 1. The number of nitrogens with one attached hydrogen (secondary N) is 1. The van der Waals surface area contributed by atoms with Crippen LogP contribution in [0.4, 0.5) is 5.82 Å². The van der Waals surface area contributed by atoms with Gasteiger partial charge in [-0.25, -0.2) is 4.98 Å². The number of piperidine rings is 1. The van der Waals surface area contributed by atoms with Gasteiger partial charge in [-0.2, -0.15) is 0 Å². The zero-order valence-electron chi connectivity index (χ0n) is 12.9. The molecule has 1 aromatic rings. The van der Waals surface area contributed by atoms with E-state index in [9.17, 15) is 0 Å². The van der Waals surface area contributed by atoms with Gasteiger partial charge in [0, 0.05) is 45.0 Å². The van der Waals surface area contributed by atoms with Gasteiger partial charge in [-0.15, -0.1) is 0 Å². The Morgan fingerprint density at radius 1 is 1.24 bits per heavy atom. The molecular weight excluding hydrogens is 264 g/mol. The molecule has 1 N–H and O–H groups in total. The molecular formula is C16H26N4O. The van der Waals surface area contributed by atoms with Gasteiger partial charge in [0.25, 0.3) is 0 Å². The van der Waals surface area contributed by atoms with Crippen molar-refractivity contribution in [2.24, 2.45) is 5.92 Å². The molecule has 1 aromatic heterocycles. The van der Waals surface area contributed by atoms with Gasteiger partial charge in [0.2, 0.25) is 0 Å². The van der Waals surface area contributed by atoms with Crippen LogP contribution in [0.3, 0.4) is 0 Å². The lowest BCUT2D eigenvalue weighted by Gasteiger charge is -2.37. The Morgan fingerprint density at radius 2 is 2.00 bits per heavy atom. The Bertz CT molecular complexity index is 440. The Hall–Kier alpha value is -1.33. The lowest BCUT2D eigenvalue weighted by molar-refractivity contribution is 0.196. The van der Waals surface area contributed by atoms with E-state index in [1.54, 1.807) is 7.11 Å². The monoisotopic (exact) mass is 290 g/mol. The summed E-state index contributed by atoms with van der Waals surface area (Å²) in [4.78, 5) is 9.45. The molecule has 3 rings (SSSR count). The highest BCUT2D eigenvalue weighted by molar-refractivity contribution is 5.43. The molecule has 0 amide bonds. The molecule has 0 bridgehead atoms. The molecule has 0 unspecified atom stereocenters. The second kappa shape index (κ2) is 7.09. The van der Waals surface area contributed by atoms with Crippen molar-refractivity contribution < 1.29 is 4.74 Å². The maximum Gasteiger partial charge on any atom is 0.132 e. The Morgan fingerprint density at radius 3 is 2.71 bits per heavy atom. The molecule has 2 fully saturated rings. The van der Waals surface area contributed by atoms with Crippen LogP contribution in [0.15, 0.2) is 18.3 Å². The van der Waals surface area contributed by atoms with Crippen LogP contribution in [-0.2, 0) is 0 Å². The van der Waals surface area contributed by atoms with Crippen molar-refractivity contribution >= 4 is 5.82 Å². The molecule has 21 heavy (non-hydrogen) atoms. The number of aromatic nitrogens is 1. The number of hydrogen-bond acceptors (Lipinski definition) is 5. The average molecular weight is 290 g/mol. The van der Waals surface area contributed by atoms with E-state index in [1.165, 1.54) is 32.5 Å². The van der Waals surface area contributed by atoms with Crippen molar-refractivity contribution in [2.45, 2.75) is 12.8 Å². The van der Waals surface area contributed by atoms with E-state index < -0.39 is 0 Å². The Labute approximate surface area is 127 Å². The van der Waals surface area contributed by atoms with Gasteiger partial charge in [0.1, 0.15) is 11.6 Å². The van der Waals surface area contributed by atoms with E-state index in [-0.39, 0.29) is 0 Å². The van der Waals surface area contributed by atoms with Gasteiger partial charge in [-0.3, -0.25) is 4.90 Å². The predicted octanol–water partition coefficient (Wildman–Crippen LogP) is 1.21. The highest BCUT2D eigenvalue weighted by atomic mass is 16.5. The van der Waals surface area contributed by atoms with Gasteiger partial charge < -0.3 is 15.0 Å². The third-order valence-electron chi connectivity index (χ3n) is 4.62. The molecule has 0 spiro atoms. The van der Waals surface area contributed by atoms with Gasteiger partial charge in [0.15, 0.2) is 0 Å². The van der Waals surface area contributed by atoms with Crippen LogP contribution in [0.5, 0.6) is 5.75 Å². The molecule has 2 aliphatic rings. The quantitative estimate of drug-likeness (QED) is 0.903. The van der Waals surface area contributed by atoms with Gasteiger partial charge in [-0.05, 0) is 37.9 Å². The summed E-state index contributed by atoms with van der Waals surface area (Å²) in [5.41, 5.74) is 0. The molecule has 5 heteroatoms. The average Bonchev–Trinajstić information content (AvgIpc) is 2.56. The summed E-state index contributed by atoms with van der Waals surface area (Å²) in [5.74, 6) is 2.81. The molecule has 5 nitrogen and oxygen atoms in total. The van der Waals surface area contributed by atoms with Crippen LogP contribution in [-0.4, -0.2) is 62.8 Å². The van der Waals surface area contributed by atoms with Crippen molar-refractivity contribution in [3.05, 3.63) is 18.3 Å². The molecule has 0 aliphatic carbocycles. The molecule has 2 saturated heterocycles. The highest BCUT2D eigenvalue weighted by Crippen LogP contribution is 2.20. The minimum absolute atomic E-state index is 0.882. The summed E-state index contributed by atoms with van der Waals surface area (Å²) in [6.45, 7) is 8.06. The number of piperazine rings is 1. The molecule has 116 valence electrons. The number of rotatable bonds is 4. The fraction of sp³-hybridized carbons (Fsp3) is 0.688. The first-order valence-corrected chi connectivity index (χ1v) is 8.03. The lowest BCUT2D eigenvalue weighted by Crippen LogP contribution is -2.48. The minimum atomic E-state index is 0.882. The molecule has 0 aromatic carbocycles. The summed E-state index contributed by atoms with van der Waals surface area (Å²) in [5, 5.41) is 3.44. The van der Waals surface area contributed by atoms with E-state index in [4.69, 9.17) is 4.74 Å². The summed E-state index contributed by atoms with van der Waals surface area (Å²) in [7, 11) is 1.70. The number of methoxy groups -OCH3 is 1. The van der Waals surface area contributed by atoms with Crippen LogP contribution in [0.25, 0.3) is 0 Å². The molecule has 3 heterocycles. The van der Waals surface area contributed by atoms with Crippen LogP contribution in [0.2, 0.25) is 0 Å². The second-order valence-electron chi connectivity index (χ2n) is 6.03. The van der Waals surface area contributed by atoms with Crippen molar-refractivity contribution in [1.82, 2.24) is 15.2 Å². The number of pyridine rings is 1. The van der Waals surface area contributed by atoms with Crippen LogP contribution in [0, 0.1) is 5.92 Å². The van der Waals surface area contributed by atoms with Crippen molar-refractivity contribution in [1.29, 1.82) is 0 Å². The minimum Gasteiger partial charge on any atom is -0.497 e. The largest absolute Gasteiger partial charge is 0.497 e. The first-order valence-electron chi connectivity index (χ1n) is 8.03. The van der Waals surface area contributed by atoms with E-state index in [2.05, 4.69) is 20.1 Å². The number of nitrogens with zero attached hydrogens (tertiary/aromatic N) is 3. The van der Waals surface area contributed by atoms with Gasteiger partial charge in [-0.1, -0.05) is 0 Å². The zero-order chi connectivity index (χ0) is 14.5. The van der Waals surface area contributed by atoms with Crippen molar-refractivity contribution in [3.8, 4) is 5.75 Å². The predicted molar refractivity (Wildman–Crippen MR) is 85.0 cm³/mol. The molecule has 2 aliphatic heterocycles. The van der Waals surface area contributed by atoms with E-state index >= 15 is 0 Å². The fourth-order valence-corrected chi connectivity index (χ4v) is 3.29. The van der Waals surface area contributed by atoms with E-state index in [0.29, 0.717) is 0 Å². The van der Waals surface area contributed by atoms with E-state index in [0.717, 1.165) is 43.7 Å². The molecule has 0 saturated carbocycles. The first-order chi connectivity index (χ1) is 10.3.